The first-order valence-electron chi connectivity index (χ1n) is 6.36. The lowest BCUT2D eigenvalue weighted by Crippen LogP contribution is -1.95. The van der Waals surface area contributed by atoms with E-state index in [1.165, 1.54) is 5.56 Å². The van der Waals surface area contributed by atoms with E-state index in [0.29, 0.717) is 12.2 Å². The van der Waals surface area contributed by atoms with Gasteiger partial charge in [0.05, 0.1) is 0 Å². The molecule has 96 valence electrons. The summed E-state index contributed by atoms with van der Waals surface area (Å²) in [6.45, 7) is 7.50. The number of phenols is 1. The molecular weight excluding hydrogens is 232 g/mol. The van der Waals surface area contributed by atoms with Crippen molar-refractivity contribution in [2.24, 2.45) is 0 Å². The van der Waals surface area contributed by atoms with E-state index in [1.54, 1.807) is 6.07 Å². The quantitative estimate of drug-likeness (QED) is 0.782. The Morgan fingerprint density at radius 1 is 1.00 bits per heavy atom. The largest absolute Gasteiger partial charge is 0.508 e. The zero-order valence-corrected chi connectivity index (χ0v) is 11.0. The van der Waals surface area contributed by atoms with Crippen LogP contribution < -0.4 is 0 Å². The lowest BCUT2D eigenvalue weighted by molar-refractivity contribution is 0.469. The van der Waals surface area contributed by atoms with E-state index in [0.717, 1.165) is 23.1 Å². The van der Waals surface area contributed by atoms with Crippen LogP contribution in [0.2, 0.25) is 0 Å². The Kier molecular flexibility index (Phi) is 4.19. The Morgan fingerprint density at radius 2 is 1.74 bits per heavy atom. The number of hydrogen-bond acceptors (Lipinski definition) is 1. The maximum absolute atomic E-state index is 9.92. The molecule has 1 heteroatoms. The predicted molar refractivity (Wildman–Crippen MR) is 81.3 cm³/mol. The van der Waals surface area contributed by atoms with Crippen LogP contribution in [0.4, 0.5) is 0 Å². The number of hydrogen-bond donors (Lipinski definition) is 1. The van der Waals surface area contributed by atoms with Crippen LogP contribution in [0.1, 0.15) is 22.3 Å². The van der Waals surface area contributed by atoms with Gasteiger partial charge in [-0.05, 0) is 35.6 Å². The summed E-state index contributed by atoms with van der Waals surface area (Å²) < 4.78 is 0. The summed E-state index contributed by atoms with van der Waals surface area (Å²) >= 11 is 0. The molecule has 0 atom stereocenters. The van der Waals surface area contributed by atoms with Crippen molar-refractivity contribution in [3.63, 3.8) is 0 Å². The molecule has 1 N–H and O–H groups in total. The van der Waals surface area contributed by atoms with Gasteiger partial charge in [-0.15, -0.1) is 6.58 Å². The van der Waals surface area contributed by atoms with Crippen molar-refractivity contribution in [2.75, 3.05) is 0 Å². The second-order valence-corrected chi connectivity index (χ2v) is 4.53. The third kappa shape index (κ3) is 3.14. The highest BCUT2D eigenvalue weighted by molar-refractivity contribution is 5.48. The minimum Gasteiger partial charge on any atom is -0.508 e. The lowest BCUT2D eigenvalue weighted by Gasteiger charge is -2.10. The van der Waals surface area contributed by atoms with Crippen LogP contribution in [0.5, 0.6) is 5.75 Å². The smallest absolute Gasteiger partial charge is 0.119 e. The van der Waals surface area contributed by atoms with E-state index in [9.17, 15) is 5.11 Å². The molecule has 0 fully saturated rings. The average Bonchev–Trinajstić information content (AvgIpc) is 2.43. The molecule has 0 radical (unpaired) electrons. The summed E-state index contributed by atoms with van der Waals surface area (Å²) in [5, 5.41) is 9.92. The van der Waals surface area contributed by atoms with E-state index in [-0.39, 0.29) is 0 Å². The SMILES string of the molecule is C=CCc1c(O)cccc1Cc1ccc(C=C)cc1. The standard InChI is InChI=1S/C18H18O/c1-3-6-17-16(7-5-8-18(17)19)13-15-11-9-14(4-2)10-12-15/h3-5,7-12,19H,1-2,6,13H2. The molecule has 0 unspecified atom stereocenters. The van der Waals surface area contributed by atoms with Gasteiger partial charge in [-0.1, -0.05) is 55.1 Å². The van der Waals surface area contributed by atoms with Crippen molar-refractivity contribution >= 4 is 6.08 Å². The highest BCUT2D eigenvalue weighted by Crippen LogP contribution is 2.24. The van der Waals surface area contributed by atoms with Crippen LogP contribution in [-0.2, 0) is 12.8 Å². The van der Waals surface area contributed by atoms with Gasteiger partial charge in [0.1, 0.15) is 5.75 Å². The fraction of sp³-hybridized carbons (Fsp3) is 0.111. The Hall–Kier alpha value is -2.28. The van der Waals surface area contributed by atoms with Crippen LogP contribution in [0.25, 0.3) is 6.08 Å². The number of phenolic OH excluding ortho intramolecular Hbond substituents is 1. The lowest BCUT2D eigenvalue weighted by atomic mass is 9.96. The van der Waals surface area contributed by atoms with Crippen LogP contribution >= 0.6 is 0 Å². The topological polar surface area (TPSA) is 20.2 Å². The summed E-state index contributed by atoms with van der Waals surface area (Å²) in [4.78, 5) is 0. The van der Waals surface area contributed by atoms with Crippen molar-refractivity contribution in [2.45, 2.75) is 12.8 Å². The molecule has 2 rings (SSSR count). The Morgan fingerprint density at radius 3 is 2.37 bits per heavy atom. The van der Waals surface area contributed by atoms with Gasteiger partial charge in [0.2, 0.25) is 0 Å². The van der Waals surface area contributed by atoms with Gasteiger partial charge in [-0.3, -0.25) is 0 Å². The second kappa shape index (κ2) is 6.05. The molecule has 0 saturated heterocycles. The molecule has 0 saturated carbocycles. The van der Waals surface area contributed by atoms with Crippen molar-refractivity contribution in [3.05, 3.63) is 84.0 Å². The molecular formula is C18H18O. The molecule has 0 aliphatic rings. The van der Waals surface area contributed by atoms with Crippen molar-refractivity contribution in [3.8, 4) is 5.75 Å². The van der Waals surface area contributed by atoms with Crippen LogP contribution in [0.15, 0.2) is 61.7 Å². The molecule has 19 heavy (non-hydrogen) atoms. The molecule has 0 aliphatic carbocycles. The van der Waals surface area contributed by atoms with E-state index < -0.39 is 0 Å². The Labute approximate surface area is 114 Å². The van der Waals surface area contributed by atoms with Crippen molar-refractivity contribution < 1.29 is 5.11 Å². The van der Waals surface area contributed by atoms with Gasteiger partial charge >= 0.3 is 0 Å². The summed E-state index contributed by atoms with van der Waals surface area (Å²) in [6.07, 6.45) is 5.16. The Bertz CT molecular complexity index is 579. The fourth-order valence-corrected chi connectivity index (χ4v) is 2.16. The molecule has 0 aliphatic heterocycles. The third-order valence-electron chi connectivity index (χ3n) is 3.21. The molecule has 2 aromatic carbocycles. The van der Waals surface area contributed by atoms with E-state index >= 15 is 0 Å². The number of benzene rings is 2. The second-order valence-electron chi connectivity index (χ2n) is 4.53. The molecule has 0 amide bonds. The summed E-state index contributed by atoms with van der Waals surface area (Å²) in [5.41, 5.74) is 4.45. The normalized spacial score (nSPS) is 10.1. The Balaban J connectivity index is 2.29. The first kappa shape index (κ1) is 13.2. The maximum atomic E-state index is 9.92. The van der Waals surface area contributed by atoms with Gasteiger partial charge in [0.15, 0.2) is 0 Å². The molecule has 2 aromatic rings. The van der Waals surface area contributed by atoms with Crippen LogP contribution in [-0.4, -0.2) is 5.11 Å². The monoisotopic (exact) mass is 250 g/mol. The first-order chi connectivity index (χ1) is 9.24. The van der Waals surface area contributed by atoms with Gasteiger partial charge in [-0.25, -0.2) is 0 Å². The van der Waals surface area contributed by atoms with Crippen molar-refractivity contribution in [1.82, 2.24) is 0 Å². The zero-order chi connectivity index (χ0) is 13.7. The van der Waals surface area contributed by atoms with Crippen LogP contribution in [0, 0.1) is 0 Å². The highest BCUT2D eigenvalue weighted by atomic mass is 16.3. The predicted octanol–water partition coefficient (Wildman–Crippen LogP) is 4.35. The van der Waals surface area contributed by atoms with Crippen molar-refractivity contribution in [1.29, 1.82) is 0 Å². The number of aromatic hydroxyl groups is 1. The number of allylic oxidation sites excluding steroid dienone is 1. The average molecular weight is 250 g/mol. The fourth-order valence-electron chi connectivity index (χ4n) is 2.16. The molecule has 0 heterocycles. The minimum atomic E-state index is 0.347. The molecule has 1 nitrogen and oxygen atoms in total. The first-order valence-corrected chi connectivity index (χ1v) is 6.36. The molecule has 0 aromatic heterocycles. The summed E-state index contributed by atoms with van der Waals surface area (Å²) in [7, 11) is 0. The number of rotatable bonds is 5. The van der Waals surface area contributed by atoms with E-state index in [4.69, 9.17) is 0 Å². The van der Waals surface area contributed by atoms with E-state index in [1.807, 2.05) is 18.2 Å². The van der Waals surface area contributed by atoms with Crippen LogP contribution in [0.3, 0.4) is 0 Å². The maximum Gasteiger partial charge on any atom is 0.119 e. The van der Waals surface area contributed by atoms with E-state index in [2.05, 4.69) is 43.5 Å². The third-order valence-corrected chi connectivity index (χ3v) is 3.21. The molecule has 0 spiro atoms. The van der Waals surface area contributed by atoms with Gasteiger partial charge in [0.25, 0.3) is 0 Å². The highest BCUT2D eigenvalue weighted by Gasteiger charge is 2.06. The zero-order valence-electron chi connectivity index (χ0n) is 11.0. The summed E-state index contributed by atoms with van der Waals surface area (Å²) in [6, 6.07) is 14.0. The van der Waals surface area contributed by atoms with Gasteiger partial charge in [-0.2, -0.15) is 0 Å². The molecule has 0 bridgehead atoms. The minimum absolute atomic E-state index is 0.347. The van der Waals surface area contributed by atoms with Gasteiger partial charge in [0, 0.05) is 5.56 Å². The summed E-state index contributed by atoms with van der Waals surface area (Å²) in [5.74, 6) is 0.347. The van der Waals surface area contributed by atoms with Gasteiger partial charge < -0.3 is 5.11 Å².